The Morgan fingerprint density at radius 3 is 2.08 bits per heavy atom. The van der Waals surface area contributed by atoms with E-state index in [4.69, 9.17) is 4.98 Å². The Labute approximate surface area is 230 Å². The summed E-state index contributed by atoms with van der Waals surface area (Å²) in [6, 6.07) is 26.2. The first-order valence-corrected chi connectivity index (χ1v) is 13.5. The molecule has 1 saturated carbocycles. The maximum Gasteiger partial charge on any atom is 0.573 e. The topological polar surface area (TPSA) is 55.8 Å². The van der Waals surface area contributed by atoms with Crippen molar-refractivity contribution >= 4 is 11.0 Å². The first kappa shape index (κ1) is 25.9. The van der Waals surface area contributed by atoms with Crippen molar-refractivity contribution in [2.24, 2.45) is 0 Å². The van der Waals surface area contributed by atoms with Crippen LogP contribution < -0.4 is 10.2 Å². The van der Waals surface area contributed by atoms with Gasteiger partial charge in [0.1, 0.15) is 16.9 Å². The second kappa shape index (κ2) is 10.7. The number of hydrogen-bond donors (Lipinski definition) is 1. The minimum atomic E-state index is -4.74. The fraction of sp³-hybridized carbons (Fsp3) is 0.250. The quantitative estimate of drug-likeness (QED) is 0.236. The van der Waals surface area contributed by atoms with E-state index in [1.165, 1.54) is 18.6 Å². The number of nitrogens with zero attached hydrogens (tertiary/aromatic N) is 3. The summed E-state index contributed by atoms with van der Waals surface area (Å²) in [5.74, 6) is -0.262. The van der Waals surface area contributed by atoms with Crippen LogP contribution >= 0.6 is 0 Å². The first-order valence-electron chi connectivity index (χ1n) is 13.5. The van der Waals surface area contributed by atoms with Crippen LogP contribution in [0.4, 0.5) is 13.2 Å². The van der Waals surface area contributed by atoms with Gasteiger partial charge in [-0.15, -0.1) is 13.2 Å². The van der Waals surface area contributed by atoms with Crippen molar-refractivity contribution in [3.8, 4) is 28.1 Å². The Balaban J connectivity index is 1.58. The molecule has 40 heavy (non-hydrogen) atoms. The standard InChI is InChI=1S/C32H29F3N4O/c33-32(34,35)40-26-18-16-22(17-19-26)20-38-29(24-12-6-2-7-13-24)27(23-10-4-1-5-11-23)28-30(36)39(21-37-31(28)38)25-14-8-3-9-15-25/h1-2,4-7,10-13,16-19,21,25,36H,3,8-9,14-15,20H2. The van der Waals surface area contributed by atoms with Gasteiger partial charge in [0.25, 0.3) is 0 Å². The Morgan fingerprint density at radius 2 is 1.45 bits per heavy atom. The number of benzene rings is 3. The fourth-order valence-electron chi connectivity index (χ4n) is 5.82. The third kappa shape index (κ3) is 5.13. The molecule has 5 aromatic rings. The van der Waals surface area contributed by atoms with Gasteiger partial charge in [-0.05, 0) is 41.7 Å². The summed E-state index contributed by atoms with van der Waals surface area (Å²) in [6.07, 6.45) is 2.62. The lowest BCUT2D eigenvalue weighted by Crippen LogP contribution is -2.27. The summed E-state index contributed by atoms with van der Waals surface area (Å²) < 4.78 is 46.3. The summed E-state index contributed by atoms with van der Waals surface area (Å²) in [6.45, 7) is 0.361. The SMILES string of the molecule is N=c1c2c(-c3ccccc3)c(-c3ccccc3)n(Cc3ccc(OC(F)(F)F)cc3)c2ncn1C1CCCCC1. The van der Waals surface area contributed by atoms with E-state index in [0.29, 0.717) is 17.7 Å². The van der Waals surface area contributed by atoms with Gasteiger partial charge in [0.2, 0.25) is 0 Å². The number of aromatic nitrogens is 3. The summed E-state index contributed by atoms with van der Waals surface area (Å²) in [5.41, 5.74) is 5.70. The van der Waals surface area contributed by atoms with E-state index in [-0.39, 0.29) is 11.8 Å². The summed E-state index contributed by atoms with van der Waals surface area (Å²) in [7, 11) is 0. The molecule has 2 aromatic heterocycles. The minimum absolute atomic E-state index is 0.242. The predicted molar refractivity (Wildman–Crippen MR) is 149 cm³/mol. The molecule has 1 fully saturated rings. The maximum atomic E-state index is 12.7. The number of ether oxygens (including phenoxy) is 1. The van der Waals surface area contributed by atoms with Gasteiger partial charge in [0.15, 0.2) is 0 Å². The van der Waals surface area contributed by atoms with Gasteiger partial charge in [-0.2, -0.15) is 0 Å². The Morgan fingerprint density at radius 1 is 0.825 bits per heavy atom. The number of nitrogens with one attached hydrogen (secondary N) is 1. The maximum absolute atomic E-state index is 12.7. The fourth-order valence-corrected chi connectivity index (χ4v) is 5.82. The number of hydrogen-bond acceptors (Lipinski definition) is 3. The average molecular weight is 543 g/mol. The van der Waals surface area contributed by atoms with E-state index in [0.717, 1.165) is 59.0 Å². The lowest BCUT2D eigenvalue weighted by atomic mass is 9.95. The van der Waals surface area contributed by atoms with Gasteiger partial charge < -0.3 is 13.9 Å². The van der Waals surface area contributed by atoms with E-state index >= 15 is 0 Å². The monoisotopic (exact) mass is 542 g/mol. The average Bonchev–Trinajstić information content (AvgIpc) is 3.29. The van der Waals surface area contributed by atoms with E-state index in [1.54, 1.807) is 18.5 Å². The molecule has 0 aliphatic heterocycles. The lowest BCUT2D eigenvalue weighted by Gasteiger charge is -2.24. The molecule has 1 aliphatic rings. The highest BCUT2D eigenvalue weighted by molar-refractivity contribution is 6.02. The van der Waals surface area contributed by atoms with Gasteiger partial charge >= 0.3 is 6.36 Å². The normalized spacial score (nSPS) is 14.5. The highest BCUT2D eigenvalue weighted by Gasteiger charge is 2.31. The molecule has 0 atom stereocenters. The number of alkyl halides is 3. The Kier molecular flexibility index (Phi) is 6.92. The molecule has 204 valence electrons. The molecular formula is C32H29F3N4O. The Bertz CT molecular complexity index is 1670. The molecular weight excluding hydrogens is 513 g/mol. The van der Waals surface area contributed by atoms with E-state index in [2.05, 4.69) is 9.30 Å². The zero-order chi connectivity index (χ0) is 27.7. The molecule has 0 unspecified atom stereocenters. The van der Waals surface area contributed by atoms with Crippen molar-refractivity contribution in [2.75, 3.05) is 0 Å². The number of rotatable bonds is 6. The van der Waals surface area contributed by atoms with Crippen LogP contribution in [-0.2, 0) is 6.54 Å². The molecule has 3 aromatic carbocycles. The van der Waals surface area contributed by atoms with Crippen molar-refractivity contribution < 1.29 is 17.9 Å². The largest absolute Gasteiger partial charge is 0.573 e. The van der Waals surface area contributed by atoms with Crippen molar-refractivity contribution in [2.45, 2.75) is 51.1 Å². The van der Waals surface area contributed by atoms with Crippen LogP contribution in [0.5, 0.6) is 5.75 Å². The molecule has 0 radical (unpaired) electrons. The van der Waals surface area contributed by atoms with Crippen molar-refractivity contribution in [3.05, 3.63) is 102 Å². The van der Waals surface area contributed by atoms with Crippen LogP contribution in [0.15, 0.2) is 91.3 Å². The second-order valence-corrected chi connectivity index (χ2v) is 10.2. The molecule has 8 heteroatoms. The van der Waals surface area contributed by atoms with Crippen LogP contribution in [0.2, 0.25) is 0 Å². The van der Waals surface area contributed by atoms with Gasteiger partial charge in [-0.3, -0.25) is 5.41 Å². The zero-order valence-electron chi connectivity index (χ0n) is 21.9. The van der Waals surface area contributed by atoms with Crippen LogP contribution in [-0.4, -0.2) is 20.5 Å². The summed E-state index contributed by atoms with van der Waals surface area (Å²) >= 11 is 0. The van der Waals surface area contributed by atoms with Crippen LogP contribution in [0, 0.1) is 5.41 Å². The predicted octanol–water partition coefficient (Wildman–Crippen LogP) is 8.10. The van der Waals surface area contributed by atoms with Crippen molar-refractivity contribution in [1.29, 1.82) is 5.41 Å². The van der Waals surface area contributed by atoms with Gasteiger partial charge in [0, 0.05) is 18.2 Å². The van der Waals surface area contributed by atoms with Crippen molar-refractivity contribution in [3.63, 3.8) is 0 Å². The molecule has 0 bridgehead atoms. The molecule has 0 spiro atoms. The lowest BCUT2D eigenvalue weighted by molar-refractivity contribution is -0.274. The van der Waals surface area contributed by atoms with E-state index < -0.39 is 6.36 Å². The zero-order valence-corrected chi connectivity index (χ0v) is 21.9. The third-order valence-corrected chi connectivity index (χ3v) is 7.61. The molecule has 2 heterocycles. The van der Waals surface area contributed by atoms with Gasteiger partial charge in [-0.25, -0.2) is 4.98 Å². The van der Waals surface area contributed by atoms with E-state index in [9.17, 15) is 18.6 Å². The summed E-state index contributed by atoms with van der Waals surface area (Å²) in [4.78, 5) is 4.94. The van der Waals surface area contributed by atoms with Crippen LogP contribution in [0.1, 0.15) is 43.7 Å². The molecule has 6 rings (SSSR count). The molecule has 1 aliphatic carbocycles. The summed E-state index contributed by atoms with van der Waals surface area (Å²) in [5, 5.41) is 10.2. The van der Waals surface area contributed by atoms with E-state index in [1.807, 2.05) is 65.2 Å². The van der Waals surface area contributed by atoms with Gasteiger partial charge in [-0.1, -0.05) is 92.1 Å². The van der Waals surface area contributed by atoms with Crippen LogP contribution in [0.3, 0.4) is 0 Å². The highest BCUT2D eigenvalue weighted by Crippen LogP contribution is 2.40. The minimum Gasteiger partial charge on any atom is -0.406 e. The van der Waals surface area contributed by atoms with Crippen molar-refractivity contribution in [1.82, 2.24) is 14.1 Å². The molecule has 5 nitrogen and oxygen atoms in total. The molecule has 1 N–H and O–H groups in total. The number of halogens is 3. The highest BCUT2D eigenvalue weighted by atomic mass is 19.4. The third-order valence-electron chi connectivity index (χ3n) is 7.61. The first-order chi connectivity index (χ1) is 19.4. The molecule has 0 saturated heterocycles. The van der Waals surface area contributed by atoms with Crippen LogP contribution in [0.25, 0.3) is 33.4 Å². The second-order valence-electron chi connectivity index (χ2n) is 10.2. The molecule has 0 amide bonds. The number of fused-ring (bicyclic) bond motifs is 1. The Hall–Kier alpha value is -4.33. The van der Waals surface area contributed by atoms with Gasteiger partial charge in [0.05, 0.1) is 17.4 Å². The smallest absolute Gasteiger partial charge is 0.406 e.